The summed E-state index contributed by atoms with van der Waals surface area (Å²) in [6, 6.07) is 3.61. The minimum atomic E-state index is -0.995. The smallest absolute Gasteiger partial charge is 0.328 e. The fraction of sp³-hybridized carbons (Fsp3) is 0.357. The number of primary amides is 1. The maximum absolute atomic E-state index is 11.4. The Balaban J connectivity index is 2.08. The second-order valence-corrected chi connectivity index (χ2v) is 5.22. The molecule has 3 N–H and O–H groups in total. The molecule has 2 rings (SSSR count). The molecule has 1 aliphatic rings. The van der Waals surface area contributed by atoms with Gasteiger partial charge in [0.2, 0.25) is 5.91 Å². The lowest BCUT2D eigenvalue weighted by molar-refractivity contribution is -0.131. The number of hydrogen-bond acceptors (Lipinski definition) is 4. The molecule has 20 heavy (non-hydrogen) atoms. The predicted molar refractivity (Wildman–Crippen MR) is 75.0 cm³/mol. The van der Waals surface area contributed by atoms with Gasteiger partial charge in [-0.25, -0.2) is 9.78 Å². The average Bonchev–Trinajstić information content (AvgIpc) is 2.81. The first-order valence-corrected chi connectivity index (χ1v) is 6.33. The number of carboxylic acids is 1. The lowest BCUT2D eigenvalue weighted by Crippen LogP contribution is -2.37. The molecule has 1 amide bonds. The van der Waals surface area contributed by atoms with Crippen molar-refractivity contribution in [2.24, 2.45) is 11.1 Å². The van der Waals surface area contributed by atoms with Crippen molar-refractivity contribution < 1.29 is 14.7 Å². The van der Waals surface area contributed by atoms with Crippen LogP contribution in [0.3, 0.4) is 0 Å². The van der Waals surface area contributed by atoms with Crippen molar-refractivity contribution in [3.8, 4) is 0 Å². The van der Waals surface area contributed by atoms with Gasteiger partial charge in [0.1, 0.15) is 5.82 Å². The van der Waals surface area contributed by atoms with Crippen molar-refractivity contribution in [3.05, 3.63) is 30.0 Å². The molecule has 1 unspecified atom stereocenters. The highest BCUT2D eigenvalue weighted by molar-refractivity contribution is 5.85. The van der Waals surface area contributed by atoms with E-state index in [1.165, 1.54) is 6.08 Å². The fourth-order valence-corrected chi connectivity index (χ4v) is 2.21. The Labute approximate surface area is 116 Å². The lowest BCUT2D eigenvalue weighted by atomic mass is 9.89. The van der Waals surface area contributed by atoms with Crippen LogP contribution in [0.15, 0.2) is 24.4 Å². The van der Waals surface area contributed by atoms with Crippen LogP contribution in [0.2, 0.25) is 0 Å². The summed E-state index contributed by atoms with van der Waals surface area (Å²) >= 11 is 0. The van der Waals surface area contributed by atoms with Gasteiger partial charge in [-0.1, -0.05) is 0 Å². The molecule has 0 bridgehead atoms. The molecule has 1 fully saturated rings. The number of amides is 1. The minimum absolute atomic E-state index is 0.291. The number of carbonyl (C=O) groups excluding carboxylic acids is 1. The van der Waals surface area contributed by atoms with Crippen LogP contribution in [0.5, 0.6) is 0 Å². The Morgan fingerprint density at radius 2 is 2.25 bits per heavy atom. The van der Waals surface area contributed by atoms with Gasteiger partial charge in [0.05, 0.1) is 5.41 Å². The molecular weight excluding hydrogens is 258 g/mol. The molecule has 2 heterocycles. The normalized spacial score (nSPS) is 22.4. The van der Waals surface area contributed by atoms with Gasteiger partial charge in [0.25, 0.3) is 0 Å². The number of nitrogens with two attached hydrogens (primary N) is 1. The van der Waals surface area contributed by atoms with Crippen molar-refractivity contribution >= 4 is 23.8 Å². The van der Waals surface area contributed by atoms with E-state index in [9.17, 15) is 9.59 Å². The molecule has 0 radical (unpaired) electrons. The molecule has 6 nitrogen and oxygen atoms in total. The van der Waals surface area contributed by atoms with Gasteiger partial charge in [-0.05, 0) is 37.1 Å². The van der Waals surface area contributed by atoms with Crippen LogP contribution in [-0.4, -0.2) is 35.1 Å². The number of pyridine rings is 1. The standard InChI is InChI=1S/C14H17N3O3/c1-14(13(15)20)6-7-17(9-14)11-4-2-10(8-16-11)3-5-12(18)19/h2-5,8H,6-7,9H2,1H3,(H2,15,20)(H,18,19)/b5-3+. The summed E-state index contributed by atoms with van der Waals surface area (Å²) in [5.74, 6) is -0.519. The molecule has 1 saturated heterocycles. The van der Waals surface area contributed by atoms with Gasteiger partial charge in [0.15, 0.2) is 0 Å². The second kappa shape index (κ2) is 5.32. The van der Waals surface area contributed by atoms with Gasteiger partial charge in [0, 0.05) is 25.4 Å². The van der Waals surface area contributed by atoms with E-state index in [1.54, 1.807) is 12.3 Å². The monoisotopic (exact) mass is 275 g/mol. The van der Waals surface area contributed by atoms with Crippen LogP contribution in [-0.2, 0) is 9.59 Å². The molecule has 0 saturated carbocycles. The number of nitrogens with zero attached hydrogens (tertiary/aromatic N) is 2. The largest absolute Gasteiger partial charge is 0.478 e. The zero-order valence-corrected chi connectivity index (χ0v) is 11.2. The van der Waals surface area contributed by atoms with E-state index in [2.05, 4.69) is 4.98 Å². The summed E-state index contributed by atoms with van der Waals surface area (Å²) in [6.45, 7) is 3.15. The highest BCUT2D eigenvalue weighted by Crippen LogP contribution is 2.31. The summed E-state index contributed by atoms with van der Waals surface area (Å²) in [5.41, 5.74) is 5.62. The van der Waals surface area contributed by atoms with E-state index in [-0.39, 0.29) is 5.91 Å². The first-order valence-electron chi connectivity index (χ1n) is 6.33. The number of rotatable bonds is 4. The Hall–Kier alpha value is -2.37. The summed E-state index contributed by atoms with van der Waals surface area (Å²) in [4.78, 5) is 28.1. The maximum Gasteiger partial charge on any atom is 0.328 e. The van der Waals surface area contributed by atoms with E-state index in [0.29, 0.717) is 18.5 Å². The van der Waals surface area contributed by atoms with E-state index in [0.717, 1.165) is 18.4 Å². The van der Waals surface area contributed by atoms with E-state index in [4.69, 9.17) is 10.8 Å². The zero-order chi connectivity index (χ0) is 14.8. The molecule has 0 aromatic carbocycles. The topological polar surface area (TPSA) is 96.5 Å². The molecule has 1 aromatic rings. The summed E-state index contributed by atoms with van der Waals surface area (Å²) in [6.07, 6.45) is 4.87. The van der Waals surface area contributed by atoms with Crippen LogP contribution >= 0.6 is 0 Å². The highest BCUT2D eigenvalue weighted by atomic mass is 16.4. The Bertz CT molecular complexity index is 553. The van der Waals surface area contributed by atoms with Crippen molar-refractivity contribution in [1.29, 1.82) is 0 Å². The van der Waals surface area contributed by atoms with Crippen molar-refractivity contribution in [3.63, 3.8) is 0 Å². The summed E-state index contributed by atoms with van der Waals surface area (Å²) < 4.78 is 0. The SMILES string of the molecule is CC1(C(N)=O)CCN(c2ccc(/C=C/C(=O)O)cn2)C1. The number of hydrogen-bond donors (Lipinski definition) is 2. The molecule has 106 valence electrons. The summed E-state index contributed by atoms with van der Waals surface area (Å²) in [7, 11) is 0. The van der Waals surface area contributed by atoms with Crippen LogP contribution in [0.1, 0.15) is 18.9 Å². The van der Waals surface area contributed by atoms with Gasteiger partial charge in [-0.15, -0.1) is 0 Å². The van der Waals surface area contributed by atoms with Gasteiger partial charge < -0.3 is 15.7 Å². The van der Waals surface area contributed by atoms with Gasteiger partial charge in [-0.2, -0.15) is 0 Å². The van der Waals surface area contributed by atoms with Crippen molar-refractivity contribution in [2.75, 3.05) is 18.0 Å². The minimum Gasteiger partial charge on any atom is -0.478 e. The first-order chi connectivity index (χ1) is 9.40. The molecule has 1 aliphatic heterocycles. The average molecular weight is 275 g/mol. The molecular formula is C14H17N3O3. The van der Waals surface area contributed by atoms with Crippen molar-refractivity contribution in [1.82, 2.24) is 4.98 Å². The van der Waals surface area contributed by atoms with Crippen LogP contribution in [0, 0.1) is 5.41 Å². The van der Waals surface area contributed by atoms with Gasteiger partial charge >= 0.3 is 5.97 Å². The number of carboxylic acid groups (broad SMARTS) is 1. The number of carbonyl (C=O) groups is 2. The van der Waals surface area contributed by atoms with E-state index < -0.39 is 11.4 Å². The Morgan fingerprint density at radius 3 is 2.75 bits per heavy atom. The molecule has 0 aliphatic carbocycles. The number of aromatic nitrogens is 1. The third-order valence-corrected chi connectivity index (χ3v) is 3.58. The van der Waals surface area contributed by atoms with Crippen LogP contribution in [0.25, 0.3) is 6.08 Å². The number of aliphatic carboxylic acids is 1. The first kappa shape index (κ1) is 14.0. The molecule has 1 atom stereocenters. The van der Waals surface area contributed by atoms with Crippen LogP contribution < -0.4 is 10.6 Å². The molecule has 6 heteroatoms. The van der Waals surface area contributed by atoms with Gasteiger partial charge in [-0.3, -0.25) is 4.79 Å². The fourth-order valence-electron chi connectivity index (χ4n) is 2.21. The lowest BCUT2D eigenvalue weighted by Gasteiger charge is -2.21. The third-order valence-electron chi connectivity index (χ3n) is 3.58. The second-order valence-electron chi connectivity index (χ2n) is 5.22. The van der Waals surface area contributed by atoms with E-state index >= 15 is 0 Å². The highest BCUT2D eigenvalue weighted by Gasteiger charge is 2.39. The maximum atomic E-state index is 11.4. The summed E-state index contributed by atoms with van der Waals surface area (Å²) in [5, 5.41) is 8.55. The quantitative estimate of drug-likeness (QED) is 0.795. The number of anilines is 1. The van der Waals surface area contributed by atoms with Crippen molar-refractivity contribution in [2.45, 2.75) is 13.3 Å². The Morgan fingerprint density at radius 1 is 1.50 bits per heavy atom. The predicted octanol–water partition coefficient (Wildman–Crippen LogP) is 0.881. The van der Waals surface area contributed by atoms with E-state index in [1.807, 2.05) is 17.9 Å². The molecule has 0 spiro atoms. The zero-order valence-electron chi connectivity index (χ0n) is 11.2. The third kappa shape index (κ3) is 2.96. The van der Waals surface area contributed by atoms with Crippen LogP contribution in [0.4, 0.5) is 5.82 Å². The Kier molecular flexibility index (Phi) is 3.74. The molecule has 1 aromatic heterocycles.